The molecule has 1 aliphatic rings. The second-order valence-electron chi connectivity index (χ2n) is 5.40. The van der Waals surface area contributed by atoms with Crippen molar-refractivity contribution < 1.29 is 0 Å². The second-order valence-corrected chi connectivity index (χ2v) is 5.40. The molecule has 0 saturated carbocycles. The van der Waals surface area contributed by atoms with Crippen LogP contribution in [0.4, 0.5) is 0 Å². The summed E-state index contributed by atoms with van der Waals surface area (Å²) in [5.41, 5.74) is 1.42. The highest BCUT2D eigenvalue weighted by molar-refractivity contribution is 5.14. The average molecular weight is 270 g/mol. The Bertz CT molecular complexity index is 414. The molecule has 1 saturated heterocycles. The van der Waals surface area contributed by atoms with E-state index in [9.17, 15) is 0 Å². The Hall–Kier alpha value is -1.38. The summed E-state index contributed by atoms with van der Waals surface area (Å²) in [6.07, 6.45) is 10.9. The van der Waals surface area contributed by atoms with E-state index in [1.807, 2.05) is 6.92 Å². The van der Waals surface area contributed by atoms with Crippen LogP contribution >= 0.6 is 0 Å². The van der Waals surface area contributed by atoms with Gasteiger partial charge in [-0.05, 0) is 38.4 Å². The molecule has 0 amide bonds. The molecule has 1 aliphatic heterocycles. The van der Waals surface area contributed by atoms with Crippen LogP contribution in [0.1, 0.15) is 25.3 Å². The summed E-state index contributed by atoms with van der Waals surface area (Å²) in [6.45, 7) is 6.51. The first kappa shape index (κ1) is 15.0. The third-order valence-corrected chi connectivity index (χ3v) is 3.80. The molecule has 1 aromatic rings. The standard InChI is InChI=1S/C18H26N2/c1-2-3-4-8-13-19-18-11-14-20(15-12-18)16-17-9-6-5-7-10-17/h2-10,18-19H,11-16H2,1H3/b3-2-,8-4+. The van der Waals surface area contributed by atoms with Crippen molar-refractivity contribution in [3.63, 3.8) is 0 Å². The van der Waals surface area contributed by atoms with Crippen molar-refractivity contribution >= 4 is 0 Å². The van der Waals surface area contributed by atoms with E-state index in [2.05, 4.69) is 64.9 Å². The molecule has 0 spiro atoms. The van der Waals surface area contributed by atoms with Crippen molar-refractivity contribution in [2.75, 3.05) is 19.6 Å². The molecular weight excluding hydrogens is 244 g/mol. The third-order valence-electron chi connectivity index (χ3n) is 3.80. The van der Waals surface area contributed by atoms with Gasteiger partial charge in [-0.2, -0.15) is 0 Å². The maximum Gasteiger partial charge on any atom is 0.0233 e. The average Bonchev–Trinajstić information content (AvgIpc) is 2.50. The van der Waals surface area contributed by atoms with Gasteiger partial charge in [0.1, 0.15) is 0 Å². The quantitative estimate of drug-likeness (QED) is 0.797. The number of allylic oxidation sites excluding steroid dienone is 3. The van der Waals surface area contributed by atoms with Crippen LogP contribution in [0.3, 0.4) is 0 Å². The number of piperidine rings is 1. The van der Waals surface area contributed by atoms with E-state index in [1.54, 1.807) is 0 Å². The van der Waals surface area contributed by atoms with E-state index in [0.717, 1.165) is 13.1 Å². The summed E-state index contributed by atoms with van der Waals surface area (Å²) in [4.78, 5) is 2.56. The fourth-order valence-corrected chi connectivity index (χ4v) is 2.63. The van der Waals surface area contributed by atoms with Gasteiger partial charge in [-0.1, -0.05) is 54.6 Å². The fourth-order valence-electron chi connectivity index (χ4n) is 2.63. The highest BCUT2D eigenvalue weighted by atomic mass is 15.1. The monoisotopic (exact) mass is 270 g/mol. The highest BCUT2D eigenvalue weighted by Gasteiger charge is 2.18. The fraction of sp³-hybridized carbons (Fsp3) is 0.444. The van der Waals surface area contributed by atoms with E-state index in [1.165, 1.54) is 31.5 Å². The maximum absolute atomic E-state index is 3.62. The van der Waals surface area contributed by atoms with Crippen LogP contribution in [-0.4, -0.2) is 30.6 Å². The molecule has 108 valence electrons. The van der Waals surface area contributed by atoms with Crippen molar-refractivity contribution in [1.82, 2.24) is 10.2 Å². The normalized spacial score (nSPS) is 18.2. The van der Waals surface area contributed by atoms with Gasteiger partial charge in [0.25, 0.3) is 0 Å². The Kier molecular flexibility index (Phi) is 6.55. The topological polar surface area (TPSA) is 15.3 Å². The molecule has 0 radical (unpaired) electrons. The molecule has 1 aromatic carbocycles. The van der Waals surface area contributed by atoms with Gasteiger partial charge in [0, 0.05) is 19.1 Å². The van der Waals surface area contributed by atoms with E-state index >= 15 is 0 Å². The van der Waals surface area contributed by atoms with Gasteiger partial charge in [-0.25, -0.2) is 0 Å². The summed E-state index contributed by atoms with van der Waals surface area (Å²) >= 11 is 0. The van der Waals surface area contributed by atoms with E-state index in [4.69, 9.17) is 0 Å². The molecule has 0 atom stereocenters. The van der Waals surface area contributed by atoms with Gasteiger partial charge in [0.15, 0.2) is 0 Å². The number of nitrogens with zero attached hydrogens (tertiary/aromatic N) is 1. The number of nitrogens with one attached hydrogen (secondary N) is 1. The summed E-state index contributed by atoms with van der Waals surface area (Å²) in [6, 6.07) is 11.5. The first-order valence-corrected chi connectivity index (χ1v) is 7.66. The lowest BCUT2D eigenvalue weighted by molar-refractivity contribution is 0.192. The van der Waals surface area contributed by atoms with Gasteiger partial charge < -0.3 is 5.32 Å². The molecule has 20 heavy (non-hydrogen) atoms. The van der Waals surface area contributed by atoms with Crippen LogP contribution < -0.4 is 5.32 Å². The molecule has 0 aliphatic carbocycles. The van der Waals surface area contributed by atoms with E-state index in [0.29, 0.717) is 6.04 Å². The van der Waals surface area contributed by atoms with Crippen molar-refractivity contribution in [3.8, 4) is 0 Å². The molecular formula is C18H26N2. The maximum atomic E-state index is 3.62. The Labute approximate surface area is 123 Å². The van der Waals surface area contributed by atoms with Gasteiger partial charge in [0.05, 0.1) is 0 Å². The first-order valence-electron chi connectivity index (χ1n) is 7.66. The number of hydrogen-bond acceptors (Lipinski definition) is 2. The SMILES string of the molecule is C/C=C\C=C\CNC1CCN(Cc2ccccc2)CC1. The minimum atomic E-state index is 0.678. The van der Waals surface area contributed by atoms with Crippen LogP contribution in [0.5, 0.6) is 0 Å². The van der Waals surface area contributed by atoms with Gasteiger partial charge in [-0.3, -0.25) is 4.90 Å². The number of rotatable bonds is 6. The lowest BCUT2D eigenvalue weighted by Gasteiger charge is -2.32. The summed E-state index contributed by atoms with van der Waals surface area (Å²) in [5, 5.41) is 3.62. The largest absolute Gasteiger partial charge is 0.310 e. The minimum Gasteiger partial charge on any atom is -0.310 e. The summed E-state index contributed by atoms with van der Waals surface area (Å²) in [7, 11) is 0. The number of hydrogen-bond donors (Lipinski definition) is 1. The Balaban J connectivity index is 1.65. The van der Waals surface area contributed by atoms with Gasteiger partial charge >= 0.3 is 0 Å². The molecule has 1 fully saturated rings. The van der Waals surface area contributed by atoms with Crippen LogP contribution in [0, 0.1) is 0 Å². The zero-order valence-corrected chi connectivity index (χ0v) is 12.5. The van der Waals surface area contributed by atoms with Crippen molar-refractivity contribution in [2.45, 2.75) is 32.4 Å². The zero-order chi connectivity index (χ0) is 14.0. The van der Waals surface area contributed by atoms with Crippen molar-refractivity contribution in [3.05, 3.63) is 60.2 Å². The van der Waals surface area contributed by atoms with Crippen LogP contribution in [-0.2, 0) is 6.54 Å². The van der Waals surface area contributed by atoms with E-state index < -0.39 is 0 Å². The molecule has 1 N–H and O–H groups in total. The Morgan fingerprint density at radius 2 is 1.90 bits per heavy atom. The smallest absolute Gasteiger partial charge is 0.0233 e. The summed E-state index contributed by atoms with van der Waals surface area (Å²) < 4.78 is 0. The van der Waals surface area contributed by atoms with Gasteiger partial charge in [0.2, 0.25) is 0 Å². The number of likely N-dealkylation sites (tertiary alicyclic amines) is 1. The minimum absolute atomic E-state index is 0.678. The van der Waals surface area contributed by atoms with Crippen LogP contribution in [0.15, 0.2) is 54.6 Å². The molecule has 2 heteroatoms. The van der Waals surface area contributed by atoms with Gasteiger partial charge in [-0.15, -0.1) is 0 Å². The predicted octanol–water partition coefficient (Wildman–Crippen LogP) is 3.37. The third kappa shape index (κ3) is 5.32. The van der Waals surface area contributed by atoms with Crippen molar-refractivity contribution in [2.24, 2.45) is 0 Å². The molecule has 0 aromatic heterocycles. The van der Waals surface area contributed by atoms with Crippen LogP contribution in [0.25, 0.3) is 0 Å². The lowest BCUT2D eigenvalue weighted by atomic mass is 10.0. The Morgan fingerprint density at radius 1 is 1.15 bits per heavy atom. The van der Waals surface area contributed by atoms with Crippen LogP contribution in [0.2, 0.25) is 0 Å². The Morgan fingerprint density at radius 3 is 2.60 bits per heavy atom. The summed E-state index contributed by atoms with van der Waals surface area (Å²) in [5.74, 6) is 0. The predicted molar refractivity (Wildman–Crippen MR) is 86.7 cm³/mol. The zero-order valence-electron chi connectivity index (χ0n) is 12.5. The van der Waals surface area contributed by atoms with Crippen molar-refractivity contribution in [1.29, 1.82) is 0 Å². The molecule has 0 unspecified atom stereocenters. The number of benzene rings is 1. The lowest BCUT2D eigenvalue weighted by Crippen LogP contribution is -2.42. The molecule has 2 nitrogen and oxygen atoms in total. The van der Waals surface area contributed by atoms with E-state index in [-0.39, 0.29) is 0 Å². The molecule has 2 rings (SSSR count). The highest BCUT2D eigenvalue weighted by Crippen LogP contribution is 2.13. The molecule has 0 bridgehead atoms. The first-order chi connectivity index (χ1) is 9.88. The molecule has 1 heterocycles. The second kappa shape index (κ2) is 8.72.